The van der Waals surface area contributed by atoms with Gasteiger partial charge in [-0.15, -0.1) is 0 Å². The van der Waals surface area contributed by atoms with Crippen molar-refractivity contribution in [3.63, 3.8) is 0 Å². The van der Waals surface area contributed by atoms with Gasteiger partial charge in [0.2, 0.25) is 5.91 Å². The molecule has 0 heterocycles. The van der Waals surface area contributed by atoms with Gasteiger partial charge in [-0.25, -0.2) is 0 Å². The van der Waals surface area contributed by atoms with Crippen LogP contribution in [0.2, 0.25) is 0 Å². The first-order valence-corrected chi connectivity index (χ1v) is 22.0. The van der Waals surface area contributed by atoms with Crippen LogP contribution in [0.3, 0.4) is 0 Å². The molecule has 5 heteroatoms. The molecule has 0 aromatic heterocycles. The maximum Gasteiger partial charge on any atom is 0.249 e. The number of nitrogens with one attached hydrogen (secondary N) is 1. The molecule has 0 aliphatic carbocycles. The van der Waals surface area contributed by atoms with Crippen LogP contribution in [0.1, 0.15) is 239 Å². The van der Waals surface area contributed by atoms with E-state index in [0.29, 0.717) is 12.8 Å². The van der Waals surface area contributed by atoms with Gasteiger partial charge >= 0.3 is 0 Å². The van der Waals surface area contributed by atoms with Crippen molar-refractivity contribution in [2.24, 2.45) is 0 Å². The summed E-state index contributed by atoms with van der Waals surface area (Å²) >= 11 is 0. The molecule has 5 nitrogen and oxygen atoms in total. The van der Waals surface area contributed by atoms with Gasteiger partial charge in [-0.05, 0) is 38.5 Å². The van der Waals surface area contributed by atoms with Gasteiger partial charge in [-0.3, -0.25) is 4.79 Å². The third-order valence-electron chi connectivity index (χ3n) is 10.4. The second-order valence-electron chi connectivity index (χ2n) is 15.3. The molecule has 0 radical (unpaired) electrons. The quantitative estimate of drug-likeness (QED) is 0.0380. The average Bonchev–Trinajstić information content (AvgIpc) is 3.11. The Morgan fingerprint density at radius 2 is 0.776 bits per heavy atom. The molecule has 0 fully saturated rings. The number of aliphatic hydroxyl groups excluding tert-OH is 3. The molecule has 49 heavy (non-hydrogen) atoms. The highest BCUT2D eigenvalue weighted by molar-refractivity contribution is 5.80. The second kappa shape index (κ2) is 39.9. The summed E-state index contributed by atoms with van der Waals surface area (Å²) in [7, 11) is 0. The van der Waals surface area contributed by atoms with Crippen molar-refractivity contribution in [1.82, 2.24) is 5.32 Å². The monoisotopic (exact) mass is 694 g/mol. The Morgan fingerprint density at radius 3 is 1.12 bits per heavy atom. The summed E-state index contributed by atoms with van der Waals surface area (Å²) in [5.74, 6) is -0.473. The summed E-state index contributed by atoms with van der Waals surface area (Å²) in [5.41, 5.74) is 0. The van der Waals surface area contributed by atoms with Gasteiger partial charge < -0.3 is 20.6 Å². The fourth-order valence-corrected chi connectivity index (χ4v) is 6.89. The number of unbranched alkanes of at least 4 members (excludes halogenated alkanes) is 30. The fourth-order valence-electron chi connectivity index (χ4n) is 6.89. The van der Waals surface area contributed by atoms with E-state index in [1.165, 1.54) is 180 Å². The molecule has 0 aliphatic heterocycles. The minimum absolute atomic E-state index is 0.313. The lowest BCUT2D eigenvalue weighted by molar-refractivity contribution is -0.131. The Balaban J connectivity index is 3.61. The number of rotatable bonds is 40. The Labute approximate surface area is 306 Å². The van der Waals surface area contributed by atoms with E-state index in [4.69, 9.17) is 0 Å². The summed E-state index contributed by atoms with van der Waals surface area (Å²) in [6.07, 6.45) is 46.3. The molecule has 0 rings (SSSR count). The Morgan fingerprint density at radius 1 is 0.469 bits per heavy atom. The molecular formula is C44H87NO4. The van der Waals surface area contributed by atoms with Crippen molar-refractivity contribution in [2.45, 2.75) is 257 Å². The van der Waals surface area contributed by atoms with Crippen molar-refractivity contribution < 1.29 is 20.1 Å². The molecule has 3 unspecified atom stereocenters. The van der Waals surface area contributed by atoms with Crippen molar-refractivity contribution in [1.29, 1.82) is 0 Å². The van der Waals surface area contributed by atoms with Gasteiger partial charge in [0.15, 0.2) is 0 Å². The van der Waals surface area contributed by atoms with Crippen LogP contribution >= 0.6 is 0 Å². The standard InChI is InChI=1S/C44H87NO4/c1-3-5-7-9-11-13-15-17-19-21-22-23-25-26-28-30-32-34-36-38-42(47)41(40-46)45-44(49)43(48)39-37-35-33-31-29-27-24-20-18-16-14-12-10-8-6-4-2/h18,20,41-43,46-48H,3-17,19,21-40H2,1-2H3,(H,45,49)/b20-18-. The molecule has 0 spiro atoms. The lowest BCUT2D eigenvalue weighted by atomic mass is 10.0. The van der Waals surface area contributed by atoms with Gasteiger partial charge in [0.25, 0.3) is 0 Å². The summed E-state index contributed by atoms with van der Waals surface area (Å²) < 4.78 is 0. The minimum Gasteiger partial charge on any atom is -0.394 e. The Hall–Kier alpha value is -0.910. The first-order valence-electron chi connectivity index (χ1n) is 22.0. The van der Waals surface area contributed by atoms with Crippen molar-refractivity contribution in [3.8, 4) is 0 Å². The third-order valence-corrected chi connectivity index (χ3v) is 10.4. The number of hydrogen-bond acceptors (Lipinski definition) is 4. The van der Waals surface area contributed by atoms with Gasteiger partial charge in [-0.1, -0.05) is 212 Å². The molecule has 0 aromatic carbocycles. The van der Waals surface area contributed by atoms with Crippen molar-refractivity contribution in [2.75, 3.05) is 6.61 Å². The topological polar surface area (TPSA) is 89.8 Å². The van der Waals surface area contributed by atoms with E-state index in [1.807, 2.05) is 0 Å². The number of amides is 1. The van der Waals surface area contributed by atoms with E-state index in [-0.39, 0.29) is 6.61 Å². The highest BCUT2D eigenvalue weighted by Crippen LogP contribution is 2.16. The maximum atomic E-state index is 12.5. The average molecular weight is 694 g/mol. The van der Waals surface area contributed by atoms with E-state index in [1.54, 1.807) is 0 Å². The number of hydrogen-bond donors (Lipinski definition) is 4. The van der Waals surface area contributed by atoms with E-state index in [2.05, 4.69) is 31.3 Å². The number of aliphatic hydroxyl groups is 3. The number of allylic oxidation sites excluding steroid dienone is 2. The highest BCUT2D eigenvalue weighted by atomic mass is 16.3. The summed E-state index contributed by atoms with van der Waals surface area (Å²) in [6, 6.07) is -0.711. The van der Waals surface area contributed by atoms with Crippen LogP contribution in [0.15, 0.2) is 12.2 Å². The third kappa shape index (κ3) is 35.3. The van der Waals surface area contributed by atoms with Crippen LogP contribution < -0.4 is 5.32 Å². The zero-order chi connectivity index (χ0) is 35.9. The summed E-state index contributed by atoms with van der Waals surface area (Å²) in [6.45, 7) is 4.23. The first kappa shape index (κ1) is 48.1. The van der Waals surface area contributed by atoms with Crippen LogP contribution in [-0.2, 0) is 4.79 Å². The van der Waals surface area contributed by atoms with Crippen LogP contribution in [0.4, 0.5) is 0 Å². The number of carbonyl (C=O) groups excluding carboxylic acids is 1. The fraction of sp³-hybridized carbons (Fsp3) is 0.932. The van der Waals surface area contributed by atoms with E-state index in [0.717, 1.165) is 32.1 Å². The van der Waals surface area contributed by atoms with Gasteiger partial charge in [-0.2, -0.15) is 0 Å². The largest absolute Gasteiger partial charge is 0.394 e. The lowest BCUT2D eigenvalue weighted by Gasteiger charge is -2.23. The molecule has 292 valence electrons. The molecule has 0 aromatic rings. The zero-order valence-electron chi connectivity index (χ0n) is 33.1. The molecular weight excluding hydrogens is 606 g/mol. The predicted octanol–water partition coefficient (Wildman–Crippen LogP) is 12.4. The normalized spacial score (nSPS) is 13.7. The smallest absolute Gasteiger partial charge is 0.249 e. The van der Waals surface area contributed by atoms with E-state index in [9.17, 15) is 20.1 Å². The lowest BCUT2D eigenvalue weighted by Crippen LogP contribution is -2.49. The van der Waals surface area contributed by atoms with Gasteiger partial charge in [0.05, 0.1) is 18.8 Å². The predicted molar refractivity (Wildman–Crippen MR) is 213 cm³/mol. The molecule has 4 N–H and O–H groups in total. The summed E-state index contributed by atoms with van der Waals surface area (Å²) in [5, 5.41) is 33.3. The van der Waals surface area contributed by atoms with Crippen LogP contribution in [0.5, 0.6) is 0 Å². The molecule has 0 bridgehead atoms. The van der Waals surface area contributed by atoms with Gasteiger partial charge in [0.1, 0.15) is 6.10 Å². The van der Waals surface area contributed by atoms with E-state index >= 15 is 0 Å². The maximum absolute atomic E-state index is 12.5. The van der Waals surface area contributed by atoms with Crippen molar-refractivity contribution >= 4 is 5.91 Å². The SMILES string of the molecule is CCCCCCCC/C=C\CCCCCCCCC(O)C(=O)NC(CO)C(O)CCCCCCCCCCCCCCCCCCCCC. The molecule has 0 saturated heterocycles. The zero-order valence-corrected chi connectivity index (χ0v) is 33.1. The van der Waals surface area contributed by atoms with Crippen molar-refractivity contribution in [3.05, 3.63) is 12.2 Å². The Kier molecular flexibility index (Phi) is 39.1. The van der Waals surface area contributed by atoms with Crippen LogP contribution in [0.25, 0.3) is 0 Å². The van der Waals surface area contributed by atoms with Gasteiger partial charge in [0, 0.05) is 0 Å². The number of carbonyl (C=O) groups is 1. The highest BCUT2D eigenvalue weighted by Gasteiger charge is 2.23. The summed E-state index contributed by atoms with van der Waals surface area (Å²) in [4.78, 5) is 12.5. The molecule has 1 amide bonds. The molecule has 0 aliphatic rings. The molecule has 0 saturated carbocycles. The Bertz CT molecular complexity index is 684. The van der Waals surface area contributed by atoms with Crippen LogP contribution in [0, 0.1) is 0 Å². The van der Waals surface area contributed by atoms with E-state index < -0.39 is 24.2 Å². The molecule has 3 atom stereocenters. The minimum atomic E-state index is -1.08. The van der Waals surface area contributed by atoms with Crippen LogP contribution in [-0.4, -0.2) is 46.1 Å². The first-order chi connectivity index (χ1) is 24.1. The second-order valence-corrected chi connectivity index (χ2v) is 15.3.